The van der Waals surface area contributed by atoms with Gasteiger partial charge in [0.2, 0.25) is 0 Å². The predicted octanol–water partition coefficient (Wildman–Crippen LogP) is 5.01. The topological polar surface area (TPSA) is 52.9 Å². The van der Waals surface area contributed by atoms with Crippen molar-refractivity contribution in [3.05, 3.63) is 0 Å². The Morgan fingerprint density at radius 2 is 1.59 bits per heavy atom. The molecule has 1 saturated carbocycles. The lowest BCUT2D eigenvalue weighted by atomic mass is 9.66. The van der Waals surface area contributed by atoms with E-state index in [4.69, 9.17) is 4.43 Å². The fourth-order valence-electron chi connectivity index (χ4n) is 4.43. The first-order chi connectivity index (χ1) is 12.9. The summed E-state index contributed by atoms with van der Waals surface area (Å²) in [4.78, 5) is 2.38. The smallest absolute Gasteiger partial charge is 0.191 e. The average Bonchev–Trinajstić information content (AvgIpc) is 2.52. The van der Waals surface area contributed by atoms with Gasteiger partial charge in [0.05, 0.1) is 6.10 Å². The van der Waals surface area contributed by atoms with Gasteiger partial charge in [-0.25, -0.2) is 0 Å². The summed E-state index contributed by atoms with van der Waals surface area (Å²) in [5.74, 6) is 0.643. The predicted molar refractivity (Wildman–Crippen MR) is 127 cm³/mol. The molecule has 5 heteroatoms. The summed E-state index contributed by atoms with van der Waals surface area (Å²) in [6, 6.07) is 0. The maximum Gasteiger partial charge on any atom is 0.191 e. The molecule has 1 fully saturated rings. The van der Waals surface area contributed by atoms with Crippen LogP contribution in [0.2, 0.25) is 18.1 Å². The first-order valence-corrected chi connectivity index (χ1v) is 14.4. The van der Waals surface area contributed by atoms with E-state index in [0.717, 1.165) is 32.5 Å². The van der Waals surface area contributed by atoms with Gasteiger partial charge in [-0.3, -0.25) is 0 Å². The minimum absolute atomic E-state index is 0.00233. The molecule has 0 aromatic carbocycles. The van der Waals surface area contributed by atoms with Crippen LogP contribution in [0.5, 0.6) is 0 Å². The molecule has 0 aliphatic heterocycles. The summed E-state index contributed by atoms with van der Waals surface area (Å²) in [5.41, 5.74) is 0.335. The van der Waals surface area contributed by atoms with Gasteiger partial charge >= 0.3 is 0 Å². The zero-order chi connectivity index (χ0) is 22.8. The van der Waals surface area contributed by atoms with E-state index in [9.17, 15) is 10.2 Å². The molecular formula is C24H51NO3Si. The molecule has 0 aromatic rings. The minimum atomic E-state index is -1.77. The van der Waals surface area contributed by atoms with Crippen molar-refractivity contribution in [3.8, 4) is 0 Å². The van der Waals surface area contributed by atoms with Gasteiger partial charge in [-0.05, 0) is 60.7 Å². The van der Waals surface area contributed by atoms with E-state index < -0.39 is 14.4 Å². The summed E-state index contributed by atoms with van der Waals surface area (Å²) in [6.07, 6.45) is 1.50. The third kappa shape index (κ3) is 7.92. The summed E-state index contributed by atoms with van der Waals surface area (Å²) in [6.45, 7) is 25.7. The van der Waals surface area contributed by atoms with Crippen LogP contribution < -0.4 is 0 Å². The van der Waals surface area contributed by atoms with Gasteiger partial charge in [-0.2, -0.15) is 0 Å². The Morgan fingerprint density at radius 1 is 1.07 bits per heavy atom. The Morgan fingerprint density at radius 3 is 2.03 bits per heavy atom. The number of rotatable bonds is 8. The van der Waals surface area contributed by atoms with Crippen molar-refractivity contribution < 1.29 is 14.6 Å². The van der Waals surface area contributed by atoms with Crippen molar-refractivity contribution in [1.29, 1.82) is 0 Å². The average molecular weight is 430 g/mol. The van der Waals surface area contributed by atoms with Crippen LogP contribution in [0.15, 0.2) is 0 Å². The molecule has 1 rings (SSSR count). The molecule has 0 unspecified atom stereocenters. The van der Waals surface area contributed by atoms with Crippen LogP contribution in [-0.4, -0.2) is 62.9 Å². The zero-order valence-corrected chi connectivity index (χ0v) is 22.3. The van der Waals surface area contributed by atoms with Gasteiger partial charge in [0.1, 0.15) is 0 Å². The Kier molecular flexibility index (Phi) is 9.05. The largest absolute Gasteiger partial charge is 0.416 e. The Balaban J connectivity index is 2.79. The van der Waals surface area contributed by atoms with Crippen LogP contribution >= 0.6 is 0 Å². The highest BCUT2D eigenvalue weighted by molar-refractivity contribution is 6.74. The molecule has 29 heavy (non-hydrogen) atoms. The van der Waals surface area contributed by atoms with Crippen molar-refractivity contribution in [1.82, 2.24) is 4.90 Å². The normalized spacial score (nSPS) is 27.3. The first-order valence-electron chi connectivity index (χ1n) is 11.5. The molecule has 2 N–H and O–H groups in total. The third-order valence-electron chi connectivity index (χ3n) is 7.58. The summed E-state index contributed by atoms with van der Waals surface area (Å²) in [7, 11) is 0.404. The van der Waals surface area contributed by atoms with E-state index in [0.29, 0.717) is 5.92 Å². The van der Waals surface area contributed by atoms with Crippen LogP contribution in [0.3, 0.4) is 0 Å². The molecule has 1 aliphatic rings. The zero-order valence-electron chi connectivity index (χ0n) is 21.3. The summed E-state index contributed by atoms with van der Waals surface area (Å²) >= 11 is 0. The second-order valence-electron chi connectivity index (χ2n) is 13.1. The maximum absolute atomic E-state index is 10.8. The van der Waals surface area contributed by atoms with E-state index in [2.05, 4.69) is 80.4 Å². The van der Waals surface area contributed by atoms with Crippen LogP contribution in [-0.2, 0) is 4.43 Å². The molecule has 0 spiro atoms. The Bertz CT molecular complexity index is 507. The highest BCUT2D eigenvalue weighted by Gasteiger charge is 2.41. The maximum atomic E-state index is 10.8. The second-order valence-corrected chi connectivity index (χ2v) is 17.9. The van der Waals surface area contributed by atoms with Gasteiger partial charge in [0.25, 0.3) is 0 Å². The third-order valence-corrected chi connectivity index (χ3v) is 12.1. The highest BCUT2D eigenvalue weighted by Crippen LogP contribution is 2.42. The SMILES string of the molecule is CN(C[C@@H]1CC(C)(C)C[C@H](CO)[C@@H]1O)C[C@H](CO[Si](C)(C)C(C)(C)C)C(C)(C)C. The van der Waals surface area contributed by atoms with E-state index >= 15 is 0 Å². The van der Waals surface area contributed by atoms with Crippen LogP contribution in [0.1, 0.15) is 68.2 Å². The molecule has 0 heterocycles. The van der Waals surface area contributed by atoms with Gasteiger partial charge in [-0.1, -0.05) is 55.4 Å². The van der Waals surface area contributed by atoms with Gasteiger partial charge in [0.15, 0.2) is 8.32 Å². The van der Waals surface area contributed by atoms with Crippen molar-refractivity contribution in [2.75, 3.05) is 33.4 Å². The number of aliphatic hydroxyl groups excluding tert-OH is 2. The van der Waals surface area contributed by atoms with Crippen LogP contribution in [0.25, 0.3) is 0 Å². The standard InChI is InChI=1S/C24H51NO3Si/c1-22(2,3)20(17-28-29(10,11)23(4,5)6)15-25(9)14-18-12-24(7,8)13-19(16-26)21(18)27/h18-21,26-27H,12-17H2,1-11H3/t18-,19+,20+,21+/m0/s1. The molecule has 0 saturated heterocycles. The number of aliphatic hydroxyl groups is 2. The van der Waals surface area contributed by atoms with Crippen LogP contribution in [0, 0.1) is 28.6 Å². The van der Waals surface area contributed by atoms with Crippen LogP contribution in [0.4, 0.5) is 0 Å². The monoisotopic (exact) mass is 429 g/mol. The summed E-state index contributed by atoms with van der Waals surface area (Å²) < 4.78 is 6.59. The van der Waals surface area contributed by atoms with Gasteiger partial charge in [0, 0.05) is 32.2 Å². The van der Waals surface area contributed by atoms with Gasteiger partial charge < -0.3 is 19.5 Å². The van der Waals surface area contributed by atoms with E-state index in [1.807, 2.05) is 0 Å². The Hall–Kier alpha value is 0.0569. The molecule has 4 nitrogen and oxygen atoms in total. The lowest BCUT2D eigenvalue weighted by molar-refractivity contribution is -0.0584. The fraction of sp³-hybridized carbons (Fsp3) is 1.00. The van der Waals surface area contributed by atoms with E-state index in [-0.39, 0.29) is 34.3 Å². The number of nitrogens with zero attached hydrogens (tertiary/aromatic N) is 1. The molecule has 4 atom stereocenters. The molecule has 174 valence electrons. The number of hydrogen-bond donors (Lipinski definition) is 2. The number of hydrogen-bond acceptors (Lipinski definition) is 4. The molecule has 0 aromatic heterocycles. The highest BCUT2D eigenvalue weighted by atomic mass is 28.4. The lowest BCUT2D eigenvalue weighted by Crippen LogP contribution is -2.48. The minimum Gasteiger partial charge on any atom is -0.416 e. The van der Waals surface area contributed by atoms with Crippen molar-refractivity contribution in [2.24, 2.45) is 28.6 Å². The molecule has 0 radical (unpaired) electrons. The van der Waals surface area contributed by atoms with Crippen molar-refractivity contribution in [3.63, 3.8) is 0 Å². The molecular weight excluding hydrogens is 378 g/mol. The molecule has 0 bridgehead atoms. The lowest BCUT2D eigenvalue weighted by Gasteiger charge is -2.45. The van der Waals surface area contributed by atoms with E-state index in [1.54, 1.807) is 0 Å². The van der Waals surface area contributed by atoms with Crippen molar-refractivity contribution in [2.45, 2.75) is 92.5 Å². The van der Waals surface area contributed by atoms with Gasteiger partial charge in [-0.15, -0.1) is 0 Å². The second kappa shape index (κ2) is 9.68. The first kappa shape index (κ1) is 27.1. The quantitative estimate of drug-likeness (QED) is 0.533. The van der Waals surface area contributed by atoms with E-state index in [1.165, 1.54) is 0 Å². The summed E-state index contributed by atoms with van der Waals surface area (Å²) in [5, 5.41) is 20.7. The molecule has 0 amide bonds. The Labute approximate surface area is 182 Å². The van der Waals surface area contributed by atoms with Crippen molar-refractivity contribution >= 4 is 8.32 Å². The fourth-order valence-corrected chi connectivity index (χ4v) is 5.48. The molecule has 1 aliphatic carbocycles.